The Bertz CT molecular complexity index is 349. The van der Waals surface area contributed by atoms with Crippen LogP contribution in [0.25, 0.3) is 0 Å². The SMILES string of the molecule is Cc1cc(C)c(OCC(C)(C)CO)c(F)c1. The van der Waals surface area contributed by atoms with Crippen LogP contribution in [-0.2, 0) is 0 Å². The van der Waals surface area contributed by atoms with Crippen LogP contribution in [0, 0.1) is 25.1 Å². The van der Waals surface area contributed by atoms with Gasteiger partial charge in [0.25, 0.3) is 0 Å². The largest absolute Gasteiger partial charge is 0.490 e. The summed E-state index contributed by atoms with van der Waals surface area (Å²) in [5.41, 5.74) is 1.30. The predicted octanol–water partition coefficient (Wildman–Crippen LogP) is 2.84. The molecule has 16 heavy (non-hydrogen) atoms. The monoisotopic (exact) mass is 226 g/mol. The van der Waals surface area contributed by atoms with Gasteiger partial charge in [0.1, 0.15) is 0 Å². The Morgan fingerprint density at radius 3 is 2.44 bits per heavy atom. The first-order valence-corrected chi connectivity index (χ1v) is 5.36. The lowest BCUT2D eigenvalue weighted by atomic mass is 9.96. The minimum Gasteiger partial charge on any atom is -0.490 e. The fourth-order valence-corrected chi connectivity index (χ4v) is 1.40. The van der Waals surface area contributed by atoms with Crippen LogP contribution in [0.3, 0.4) is 0 Å². The van der Waals surface area contributed by atoms with Crippen LogP contribution in [0.4, 0.5) is 4.39 Å². The van der Waals surface area contributed by atoms with Crippen LogP contribution in [0.5, 0.6) is 5.75 Å². The molecule has 0 saturated carbocycles. The first kappa shape index (κ1) is 13.0. The summed E-state index contributed by atoms with van der Waals surface area (Å²) in [6.45, 7) is 7.71. The summed E-state index contributed by atoms with van der Waals surface area (Å²) in [4.78, 5) is 0. The van der Waals surface area contributed by atoms with Crippen molar-refractivity contribution in [3.8, 4) is 5.75 Å². The maximum absolute atomic E-state index is 13.6. The topological polar surface area (TPSA) is 29.5 Å². The smallest absolute Gasteiger partial charge is 0.165 e. The molecule has 0 atom stereocenters. The first-order valence-electron chi connectivity index (χ1n) is 5.36. The third-order valence-electron chi connectivity index (χ3n) is 2.41. The normalized spacial score (nSPS) is 11.6. The van der Waals surface area contributed by atoms with E-state index in [4.69, 9.17) is 9.84 Å². The molecule has 0 aromatic heterocycles. The second kappa shape index (κ2) is 4.83. The third kappa shape index (κ3) is 3.20. The van der Waals surface area contributed by atoms with E-state index in [1.165, 1.54) is 6.07 Å². The molecule has 0 saturated heterocycles. The zero-order valence-electron chi connectivity index (χ0n) is 10.3. The Kier molecular flexibility index (Phi) is 3.92. The fourth-order valence-electron chi connectivity index (χ4n) is 1.40. The molecule has 0 aliphatic rings. The zero-order valence-corrected chi connectivity index (χ0v) is 10.3. The van der Waals surface area contributed by atoms with Crippen LogP contribution in [-0.4, -0.2) is 18.3 Å². The quantitative estimate of drug-likeness (QED) is 0.855. The molecule has 0 fully saturated rings. The lowest BCUT2D eigenvalue weighted by Crippen LogP contribution is -2.25. The number of aliphatic hydroxyl groups is 1. The van der Waals surface area contributed by atoms with Gasteiger partial charge in [-0.15, -0.1) is 0 Å². The second-order valence-corrected chi connectivity index (χ2v) is 5.00. The summed E-state index contributed by atoms with van der Waals surface area (Å²) in [7, 11) is 0. The lowest BCUT2D eigenvalue weighted by molar-refractivity contribution is 0.0949. The molecule has 3 heteroatoms. The van der Waals surface area contributed by atoms with Crippen molar-refractivity contribution in [1.82, 2.24) is 0 Å². The molecule has 0 unspecified atom stereocenters. The highest BCUT2D eigenvalue weighted by molar-refractivity contribution is 5.37. The third-order valence-corrected chi connectivity index (χ3v) is 2.41. The number of hydrogen-bond donors (Lipinski definition) is 1. The van der Waals surface area contributed by atoms with E-state index >= 15 is 0 Å². The van der Waals surface area contributed by atoms with Crippen molar-refractivity contribution in [2.75, 3.05) is 13.2 Å². The molecule has 90 valence electrons. The molecule has 1 aromatic rings. The van der Waals surface area contributed by atoms with Crippen molar-refractivity contribution >= 4 is 0 Å². The highest BCUT2D eigenvalue weighted by atomic mass is 19.1. The molecule has 1 rings (SSSR count). The highest BCUT2D eigenvalue weighted by Crippen LogP contribution is 2.26. The predicted molar refractivity (Wildman–Crippen MR) is 62.2 cm³/mol. The minimum atomic E-state index is -0.357. The van der Waals surface area contributed by atoms with Crippen LogP contribution < -0.4 is 4.74 Å². The standard InChI is InChI=1S/C13H19FO2/c1-9-5-10(2)12(11(14)6-9)16-8-13(3,4)7-15/h5-6,15H,7-8H2,1-4H3. The number of halogens is 1. The molecule has 0 aliphatic carbocycles. The summed E-state index contributed by atoms with van der Waals surface area (Å²) >= 11 is 0. The van der Waals surface area contributed by atoms with E-state index < -0.39 is 0 Å². The molecule has 0 bridgehead atoms. The van der Waals surface area contributed by atoms with Gasteiger partial charge in [-0.2, -0.15) is 0 Å². The Labute approximate surface area is 96.1 Å². The van der Waals surface area contributed by atoms with E-state index in [1.807, 2.05) is 33.8 Å². The van der Waals surface area contributed by atoms with Gasteiger partial charge < -0.3 is 9.84 Å². The second-order valence-electron chi connectivity index (χ2n) is 5.00. The van der Waals surface area contributed by atoms with Crippen LogP contribution in [0.15, 0.2) is 12.1 Å². The molecule has 1 aromatic carbocycles. The number of aliphatic hydroxyl groups excluding tert-OH is 1. The zero-order chi connectivity index (χ0) is 12.3. The number of hydrogen-bond acceptors (Lipinski definition) is 2. The molecule has 0 amide bonds. The van der Waals surface area contributed by atoms with Crippen LogP contribution in [0.1, 0.15) is 25.0 Å². The van der Waals surface area contributed by atoms with Crippen molar-refractivity contribution < 1.29 is 14.2 Å². The molecular formula is C13H19FO2. The van der Waals surface area contributed by atoms with Gasteiger partial charge >= 0.3 is 0 Å². The Morgan fingerprint density at radius 2 is 1.94 bits per heavy atom. The molecule has 0 heterocycles. The molecular weight excluding hydrogens is 207 g/mol. The van der Waals surface area contributed by atoms with E-state index in [2.05, 4.69) is 0 Å². The number of ether oxygens (including phenoxy) is 1. The van der Waals surface area contributed by atoms with Gasteiger partial charge in [0.15, 0.2) is 11.6 Å². The molecule has 2 nitrogen and oxygen atoms in total. The van der Waals surface area contributed by atoms with Crippen molar-refractivity contribution in [2.45, 2.75) is 27.7 Å². The van der Waals surface area contributed by atoms with Gasteiger partial charge in [0.05, 0.1) is 13.2 Å². The van der Waals surface area contributed by atoms with E-state index in [9.17, 15) is 4.39 Å². The number of rotatable bonds is 4. The molecule has 0 aliphatic heterocycles. The molecule has 1 N–H and O–H groups in total. The Morgan fingerprint density at radius 1 is 1.31 bits per heavy atom. The number of benzene rings is 1. The van der Waals surface area contributed by atoms with Crippen LogP contribution in [0.2, 0.25) is 0 Å². The summed E-state index contributed by atoms with van der Waals surface area (Å²) < 4.78 is 19.0. The maximum Gasteiger partial charge on any atom is 0.165 e. The van der Waals surface area contributed by atoms with E-state index in [1.54, 1.807) is 0 Å². The van der Waals surface area contributed by atoms with Crippen molar-refractivity contribution in [3.63, 3.8) is 0 Å². The van der Waals surface area contributed by atoms with Crippen LogP contribution >= 0.6 is 0 Å². The van der Waals surface area contributed by atoms with Gasteiger partial charge in [-0.05, 0) is 31.0 Å². The van der Waals surface area contributed by atoms with E-state index in [0.717, 1.165) is 11.1 Å². The maximum atomic E-state index is 13.6. The first-order chi connectivity index (χ1) is 7.35. The van der Waals surface area contributed by atoms with Gasteiger partial charge in [-0.25, -0.2) is 4.39 Å². The average Bonchev–Trinajstić information content (AvgIpc) is 2.16. The average molecular weight is 226 g/mol. The van der Waals surface area contributed by atoms with E-state index in [-0.39, 0.29) is 23.6 Å². The summed E-state index contributed by atoms with van der Waals surface area (Å²) in [5.74, 6) is -0.0571. The fraction of sp³-hybridized carbons (Fsp3) is 0.538. The Hall–Kier alpha value is -1.09. The summed E-state index contributed by atoms with van der Waals surface area (Å²) in [6, 6.07) is 3.33. The van der Waals surface area contributed by atoms with Crippen molar-refractivity contribution in [1.29, 1.82) is 0 Å². The molecule has 0 radical (unpaired) electrons. The minimum absolute atomic E-state index is 0.0134. The summed E-state index contributed by atoms with van der Waals surface area (Å²) in [5, 5.41) is 9.08. The van der Waals surface area contributed by atoms with Gasteiger partial charge in [0.2, 0.25) is 0 Å². The van der Waals surface area contributed by atoms with Crippen molar-refractivity contribution in [3.05, 3.63) is 29.1 Å². The van der Waals surface area contributed by atoms with Crippen molar-refractivity contribution in [2.24, 2.45) is 5.41 Å². The van der Waals surface area contributed by atoms with Gasteiger partial charge in [-0.1, -0.05) is 19.9 Å². The van der Waals surface area contributed by atoms with Gasteiger partial charge in [0, 0.05) is 5.41 Å². The van der Waals surface area contributed by atoms with Gasteiger partial charge in [-0.3, -0.25) is 0 Å². The molecule has 0 spiro atoms. The van der Waals surface area contributed by atoms with E-state index in [0.29, 0.717) is 6.61 Å². The number of aryl methyl sites for hydroxylation is 2. The summed E-state index contributed by atoms with van der Waals surface area (Å²) in [6.07, 6.45) is 0. The lowest BCUT2D eigenvalue weighted by Gasteiger charge is -2.22. The highest BCUT2D eigenvalue weighted by Gasteiger charge is 2.19. The Balaban J connectivity index is 2.82.